The zero-order chi connectivity index (χ0) is 21.8. The lowest BCUT2D eigenvalue weighted by molar-refractivity contribution is -0.125. The topological polar surface area (TPSA) is 78.9 Å². The number of ether oxygens (including phenoxy) is 1. The van der Waals surface area contributed by atoms with Gasteiger partial charge in [-0.3, -0.25) is 9.59 Å². The number of rotatable bonds is 6. The summed E-state index contributed by atoms with van der Waals surface area (Å²) in [7, 11) is 1.65. The van der Waals surface area contributed by atoms with Gasteiger partial charge in [-0.05, 0) is 35.4 Å². The molecule has 0 aromatic heterocycles. The van der Waals surface area contributed by atoms with Crippen LogP contribution >= 0.6 is 0 Å². The Kier molecular flexibility index (Phi) is 6.18. The molecule has 1 aliphatic heterocycles. The number of likely N-dealkylation sites (tertiary alicyclic amines) is 1. The van der Waals surface area contributed by atoms with Crippen LogP contribution in [0.1, 0.15) is 34.3 Å². The highest BCUT2D eigenvalue weighted by Crippen LogP contribution is 2.31. The second-order valence-corrected chi connectivity index (χ2v) is 7.81. The molecule has 160 valence electrons. The molecule has 31 heavy (non-hydrogen) atoms. The molecule has 6 heteroatoms. The molecule has 0 spiro atoms. The van der Waals surface area contributed by atoms with Gasteiger partial charge in [0.05, 0.1) is 12.2 Å². The monoisotopic (exact) mass is 418 g/mol. The first-order valence-electron chi connectivity index (χ1n) is 10.4. The molecule has 6 nitrogen and oxygen atoms in total. The van der Waals surface area contributed by atoms with Crippen molar-refractivity contribution in [3.63, 3.8) is 0 Å². The smallest absolute Gasteiger partial charge is 0.258 e. The van der Waals surface area contributed by atoms with E-state index in [1.807, 2.05) is 48.5 Å². The Hall–Kier alpha value is -3.38. The van der Waals surface area contributed by atoms with Crippen molar-refractivity contribution in [3.8, 4) is 5.75 Å². The Morgan fingerprint density at radius 2 is 1.90 bits per heavy atom. The van der Waals surface area contributed by atoms with Crippen LogP contribution in [0.3, 0.4) is 0 Å². The number of aromatic hydroxyl groups is 1. The summed E-state index contributed by atoms with van der Waals surface area (Å²) < 4.78 is 5.16. The van der Waals surface area contributed by atoms with E-state index in [9.17, 15) is 14.7 Å². The number of carbonyl (C=O) groups is 2. The Morgan fingerprint density at radius 1 is 1.10 bits per heavy atom. The van der Waals surface area contributed by atoms with Crippen LogP contribution in [-0.2, 0) is 22.7 Å². The Bertz CT molecular complexity index is 1110. The summed E-state index contributed by atoms with van der Waals surface area (Å²) in [6.07, 6.45) is 1.36. The van der Waals surface area contributed by atoms with Gasteiger partial charge in [0.15, 0.2) is 0 Å². The molecule has 0 radical (unpaired) electrons. The predicted octanol–water partition coefficient (Wildman–Crippen LogP) is 3.61. The number of hydrogen-bond donors (Lipinski definition) is 2. The molecule has 0 saturated carbocycles. The molecule has 3 aromatic carbocycles. The lowest BCUT2D eigenvalue weighted by Crippen LogP contribution is -2.45. The van der Waals surface area contributed by atoms with Crippen molar-refractivity contribution in [2.24, 2.45) is 0 Å². The molecular weight excluding hydrogens is 392 g/mol. The van der Waals surface area contributed by atoms with Gasteiger partial charge in [0.2, 0.25) is 5.91 Å². The molecule has 1 saturated heterocycles. The van der Waals surface area contributed by atoms with Crippen LogP contribution in [0.25, 0.3) is 10.8 Å². The van der Waals surface area contributed by atoms with Crippen molar-refractivity contribution < 1.29 is 19.4 Å². The number of hydrogen-bond acceptors (Lipinski definition) is 4. The normalized spacial score (nSPS) is 15.9. The van der Waals surface area contributed by atoms with E-state index in [0.29, 0.717) is 31.5 Å². The first kappa shape index (κ1) is 20.9. The molecule has 0 bridgehead atoms. The number of nitrogens with one attached hydrogen (secondary N) is 1. The number of phenols is 1. The van der Waals surface area contributed by atoms with Crippen molar-refractivity contribution in [1.29, 1.82) is 0 Å². The number of benzene rings is 3. The number of methoxy groups -OCH3 is 1. The van der Waals surface area contributed by atoms with Crippen LogP contribution < -0.4 is 5.32 Å². The third-order valence-electron chi connectivity index (χ3n) is 5.72. The van der Waals surface area contributed by atoms with Gasteiger partial charge in [0.1, 0.15) is 11.8 Å². The van der Waals surface area contributed by atoms with Crippen molar-refractivity contribution in [3.05, 3.63) is 77.4 Å². The summed E-state index contributed by atoms with van der Waals surface area (Å²) in [5, 5.41) is 15.1. The van der Waals surface area contributed by atoms with Gasteiger partial charge in [-0.25, -0.2) is 0 Å². The van der Waals surface area contributed by atoms with Crippen LogP contribution in [0, 0.1) is 0 Å². The third kappa shape index (κ3) is 4.39. The minimum Gasteiger partial charge on any atom is -0.506 e. The van der Waals surface area contributed by atoms with Gasteiger partial charge >= 0.3 is 0 Å². The lowest BCUT2D eigenvalue weighted by atomic mass is 10.0. The van der Waals surface area contributed by atoms with Gasteiger partial charge in [-0.15, -0.1) is 0 Å². The second-order valence-electron chi connectivity index (χ2n) is 7.81. The summed E-state index contributed by atoms with van der Waals surface area (Å²) in [5.74, 6) is -0.532. The maximum atomic E-state index is 13.2. The zero-order valence-corrected chi connectivity index (χ0v) is 17.5. The van der Waals surface area contributed by atoms with Gasteiger partial charge in [-0.1, -0.05) is 54.6 Å². The van der Waals surface area contributed by atoms with Gasteiger partial charge < -0.3 is 20.1 Å². The highest BCUT2D eigenvalue weighted by molar-refractivity contribution is 6.05. The molecule has 1 atom stereocenters. The highest BCUT2D eigenvalue weighted by Gasteiger charge is 2.35. The van der Waals surface area contributed by atoms with Gasteiger partial charge in [0, 0.05) is 25.6 Å². The third-order valence-corrected chi connectivity index (χ3v) is 5.72. The molecule has 3 aromatic rings. The summed E-state index contributed by atoms with van der Waals surface area (Å²) in [6.45, 7) is 1.39. The van der Waals surface area contributed by atoms with E-state index in [1.54, 1.807) is 24.1 Å². The molecule has 1 heterocycles. The van der Waals surface area contributed by atoms with Crippen LogP contribution in [0.5, 0.6) is 5.75 Å². The Morgan fingerprint density at radius 3 is 2.74 bits per heavy atom. The molecule has 1 fully saturated rings. The fourth-order valence-corrected chi connectivity index (χ4v) is 4.17. The molecule has 2 N–H and O–H groups in total. The summed E-state index contributed by atoms with van der Waals surface area (Å²) in [6, 6.07) is 18.1. The Labute approximate surface area is 181 Å². The van der Waals surface area contributed by atoms with Crippen LogP contribution in [-0.4, -0.2) is 41.5 Å². The number of nitrogens with zero attached hydrogens (tertiary/aromatic N) is 1. The van der Waals surface area contributed by atoms with E-state index >= 15 is 0 Å². The Balaban J connectivity index is 1.47. The van der Waals surface area contributed by atoms with Gasteiger partial charge in [0.25, 0.3) is 5.91 Å². The number of amides is 2. The SMILES string of the molecule is COCc1cccc(CNC(=O)C2CCCN2C(=O)c2ccc3ccccc3c2O)c1. The van der Waals surface area contributed by atoms with E-state index in [1.165, 1.54) is 0 Å². The summed E-state index contributed by atoms with van der Waals surface area (Å²) in [4.78, 5) is 27.6. The van der Waals surface area contributed by atoms with Crippen molar-refractivity contribution in [1.82, 2.24) is 10.2 Å². The molecule has 1 aliphatic rings. The molecular formula is C25H26N2O4. The van der Waals surface area contributed by atoms with Crippen molar-refractivity contribution in [2.75, 3.05) is 13.7 Å². The first-order valence-corrected chi connectivity index (χ1v) is 10.4. The van der Waals surface area contributed by atoms with Crippen molar-refractivity contribution in [2.45, 2.75) is 32.0 Å². The largest absolute Gasteiger partial charge is 0.506 e. The second kappa shape index (κ2) is 9.18. The van der Waals surface area contributed by atoms with Crippen molar-refractivity contribution >= 4 is 22.6 Å². The highest BCUT2D eigenvalue weighted by atomic mass is 16.5. The fraction of sp³-hybridized carbons (Fsp3) is 0.280. The fourth-order valence-electron chi connectivity index (χ4n) is 4.17. The zero-order valence-electron chi connectivity index (χ0n) is 17.5. The maximum absolute atomic E-state index is 13.2. The predicted molar refractivity (Wildman–Crippen MR) is 119 cm³/mol. The molecule has 1 unspecified atom stereocenters. The molecule has 0 aliphatic carbocycles. The first-order chi connectivity index (χ1) is 15.1. The number of phenolic OH excluding ortho intramolecular Hbond substituents is 1. The van der Waals surface area contributed by atoms with E-state index in [-0.39, 0.29) is 23.1 Å². The number of fused-ring (bicyclic) bond motifs is 1. The minimum atomic E-state index is -0.541. The van der Waals surface area contributed by atoms with E-state index in [0.717, 1.165) is 22.9 Å². The van der Waals surface area contributed by atoms with E-state index in [4.69, 9.17) is 4.74 Å². The minimum absolute atomic E-state index is 0.0379. The number of carbonyl (C=O) groups excluding carboxylic acids is 2. The van der Waals surface area contributed by atoms with Crippen LogP contribution in [0.2, 0.25) is 0 Å². The lowest BCUT2D eigenvalue weighted by Gasteiger charge is -2.24. The maximum Gasteiger partial charge on any atom is 0.258 e. The summed E-state index contributed by atoms with van der Waals surface area (Å²) in [5.41, 5.74) is 2.25. The van der Waals surface area contributed by atoms with Crippen LogP contribution in [0.15, 0.2) is 60.7 Å². The van der Waals surface area contributed by atoms with Crippen LogP contribution in [0.4, 0.5) is 0 Å². The average Bonchev–Trinajstić information content (AvgIpc) is 3.28. The quantitative estimate of drug-likeness (QED) is 0.641. The molecule has 4 rings (SSSR count). The van der Waals surface area contributed by atoms with E-state index < -0.39 is 6.04 Å². The van der Waals surface area contributed by atoms with Gasteiger partial charge in [-0.2, -0.15) is 0 Å². The standard InChI is InChI=1S/C25H26N2O4/c1-31-16-18-7-4-6-17(14-18)15-26-24(29)22-10-5-13-27(22)25(30)21-12-11-19-8-2-3-9-20(19)23(21)28/h2-4,6-9,11-12,14,22,28H,5,10,13,15-16H2,1H3,(H,26,29). The molecule has 2 amide bonds. The average molecular weight is 418 g/mol. The van der Waals surface area contributed by atoms with E-state index in [2.05, 4.69) is 5.32 Å². The summed E-state index contributed by atoms with van der Waals surface area (Å²) >= 11 is 0.